The van der Waals surface area contributed by atoms with E-state index in [2.05, 4.69) is 19.2 Å². The fourth-order valence-corrected chi connectivity index (χ4v) is 0.757. The molecule has 1 N–H and O–H groups in total. The zero-order valence-corrected chi connectivity index (χ0v) is 8.11. The van der Waals surface area contributed by atoms with E-state index in [1.807, 2.05) is 0 Å². The second-order valence-electron chi connectivity index (χ2n) is 3.23. The lowest BCUT2D eigenvalue weighted by molar-refractivity contribution is 0.125. The molecule has 0 aliphatic heterocycles. The third kappa shape index (κ3) is 9.85. The lowest BCUT2D eigenvalue weighted by Crippen LogP contribution is -2.22. The van der Waals surface area contributed by atoms with Gasteiger partial charge in [0.15, 0.2) is 0 Å². The molecule has 0 aromatic heterocycles. The van der Waals surface area contributed by atoms with Crippen molar-refractivity contribution in [2.75, 3.05) is 33.0 Å². The molecule has 0 heterocycles. The highest BCUT2D eigenvalue weighted by molar-refractivity contribution is 4.45. The Hall–Kier alpha value is -0.150. The summed E-state index contributed by atoms with van der Waals surface area (Å²) in [5.41, 5.74) is 0. The van der Waals surface area contributed by atoms with Crippen molar-refractivity contribution in [1.29, 1.82) is 0 Å². The average Bonchev–Trinajstić information content (AvgIpc) is 2.02. The van der Waals surface area contributed by atoms with Crippen molar-refractivity contribution in [3.8, 4) is 0 Å². The Bertz CT molecular complexity index is 88.6. The zero-order chi connectivity index (χ0) is 9.23. The molecule has 2 nitrogen and oxygen atoms in total. The molecule has 12 heavy (non-hydrogen) atoms. The van der Waals surface area contributed by atoms with Gasteiger partial charge in [-0.3, -0.25) is 0 Å². The first-order chi connectivity index (χ1) is 5.77. The summed E-state index contributed by atoms with van der Waals surface area (Å²) in [6, 6.07) is 0. The van der Waals surface area contributed by atoms with Crippen LogP contribution in [0.3, 0.4) is 0 Å². The van der Waals surface area contributed by atoms with Crippen LogP contribution in [0, 0.1) is 5.92 Å². The van der Waals surface area contributed by atoms with Crippen molar-refractivity contribution in [1.82, 2.24) is 5.32 Å². The summed E-state index contributed by atoms with van der Waals surface area (Å²) in [5.74, 6) is 0.698. The molecular formula is C9H20FNO. The predicted molar refractivity (Wildman–Crippen MR) is 49.1 cm³/mol. The molecule has 0 aromatic rings. The number of hydrogen-bond donors (Lipinski definition) is 1. The van der Waals surface area contributed by atoms with Gasteiger partial charge in [0.25, 0.3) is 0 Å². The average molecular weight is 177 g/mol. The summed E-state index contributed by atoms with van der Waals surface area (Å²) in [6.45, 7) is 6.73. The second kappa shape index (κ2) is 8.94. The highest BCUT2D eigenvalue weighted by atomic mass is 19.1. The van der Waals surface area contributed by atoms with Gasteiger partial charge in [0.05, 0.1) is 6.61 Å². The van der Waals surface area contributed by atoms with Crippen LogP contribution in [0.2, 0.25) is 0 Å². The number of hydrogen-bond acceptors (Lipinski definition) is 2. The summed E-state index contributed by atoms with van der Waals surface area (Å²) in [4.78, 5) is 0. The van der Waals surface area contributed by atoms with E-state index in [0.29, 0.717) is 19.1 Å². The van der Waals surface area contributed by atoms with Crippen LogP contribution in [0.15, 0.2) is 0 Å². The van der Waals surface area contributed by atoms with Gasteiger partial charge in [0.1, 0.15) is 6.67 Å². The summed E-state index contributed by atoms with van der Waals surface area (Å²) in [6.07, 6.45) is 1.10. The Morgan fingerprint density at radius 1 is 1.25 bits per heavy atom. The van der Waals surface area contributed by atoms with Crippen LogP contribution in [0.4, 0.5) is 4.39 Å². The minimum absolute atomic E-state index is 0.300. The molecule has 74 valence electrons. The normalized spacial score (nSPS) is 11.0. The number of rotatable bonds is 8. The Balaban J connectivity index is 2.82. The second-order valence-corrected chi connectivity index (χ2v) is 3.23. The standard InChI is InChI=1S/C9H20FNO/c1-9(2)3-7-12-8-6-11-5-4-10/h9,11H,3-8H2,1-2H3. The lowest BCUT2D eigenvalue weighted by Gasteiger charge is -2.06. The van der Waals surface area contributed by atoms with Gasteiger partial charge in [0.2, 0.25) is 0 Å². The van der Waals surface area contributed by atoms with Gasteiger partial charge in [-0.25, -0.2) is 4.39 Å². The van der Waals surface area contributed by atoms with Gasteiger partial charge in [0, 0.05) is 19.7 Å². The third-order valence-electron chi connectivity index (χ3n) is 1.53. The van der Waals surface area contributed by atoms with E-state index in [-0.39, 0.29) is 6.67 Å². The van der Waals surface area contributed by atoms with Crippen molar-refractivity contribution in [2.45, 2.75) is 20.3 Å². The molecule has 0 saturated heterocycles. The number of halogens is 1. The van der Waals surface area contributed by atoms with E-state index in [9.17, 15) is 4.39 Å². The molecule has 0 saturated carbocycles. The van der Waals surface area contributed by atoms with Gasteiger partial charge >= 0.3 is 0 Å². The predicted octanol–water partition coefficient (Wildman–Crippen LogP) is 1.61. The first kappa shape index (κ1) is 11.8. The number of ether oxygens (including phenoxy) is 1. The SMILES string of the molecule is CC(C)CCOCCNCCF. The van der Waals surface area contributed by atoms with Crippen LogP contribution in [0.1, 0.15) is 20.3 Å². The molecule has 0 unspecified atom stereocenters. The summed E-state index contributed by atoms with van der Waals surface area (Å²) in [5, 5.41) is 2.92. The van der Waals surface area contributed by atoms with E-state index in [0.717, 1.165) is 19.6 Å². The summed E-state index contributed by atoms with van der Waals surface area (Å²) < 4.78 is 16.9. The molecule has 0 aliphatic rings. The van der Waals surface area contributed by atoms with E-state index in [1.165, 1.54) is 0 Å². The fourth-order valence-electron chi connectivity index (χ4n) is 0.757. The van der Waals surface area contributed by atoms with Crippen LogP contribution < -0.4 is 5.32 Å². The van der Waals surface area contributed by atoms with E-state index in [4.69, 9.17) is 4.74 Å². The van der Waals surface area contributed by atoms with Gasteiger partial charge in [-0.05, 0) is 12.3 Å². The highest BCUT2D eigenvalue weighted by Gasteiger charge is 1.93. The topological polar surface area (TPSA) is 21.3 Å². The fraction of sp³-hybridized carbons (Fsp3) is 1.00. The smallest absolute Gasteiger partial charge is 0.102 e. The summed E-state index contributed by atoms with van der Waals surface area (Å²) in [7, 11) is 0. The highest BCUT2D eigenvalue weighted by Crippen LogP contribution is 1.97. The Morgan fingerprint density at radius 2 is 2.00 bits per heavy atom. The van der Waals surface area contributed by atoms with Crippen molar-refractivity contribution < 1.29 is 9.13 Å². The molecule has 0 rings (SSSR count). The quantitative estimate of drug-likeness (QED) is 0.569. The lowest BCUT2D eigenvalue weighted by atomic mass is 10.1. The van der Waals surface area contributed by atoms with Crippen molar-refractivity contribution in [2.24, 2.45) is 5.92 Å². The van der Waals surface area contributed by atoms with Crippen LogP contribution in [0.25, 0.3) is 0 Å². The molecule has 0 atom stereocenters. The van der Waals surface area contributed by atoms with Crippen LogP contribution in [0.5, 0.6) is 0 Å². The van der Waals surface area contributed by atoms with Gasteiger partial charge in [-0.15, -0.1) is 0 Å². The first-order valence-electron chi connectivity index (χ1n) is 4.61. The first-order valence-corrected chi connectivity index (χ1v) is 4.61. The zero-order valence-electron chi connectivity index (χ0n) is 8.11. The molecular weight excluding hydrogens is 157 g/mol. The van der Waals surface area contributed by atoms with Crippen molar-refractivity contribution in [3.63, 3.8) is 0 Å². The molecule has 0 fully saturated rings. The van der Waals surface area contributed by atoms with Crippen LogP contribution in [-0.4, -0.2) is 33.0 Å². The minimum atomic E-state index is -0.300. The maximum atomic E-state index is 11.6. The van der Waals surface area contributed by atoms with E-state index in [1.54, 1.807) is 0 Å². The van der Waals surface area contributed by atoms with Crippen molar-refractivity contribution in [3.05, 3.63) is 0 Å². The molecule has 0 bridgehead atoms. The molecule has 0 amide bonds. The molecule has 0 spiro atoms. The van der Waals surface area contributed by atoms with Gasteiger partial charge < -0.3 is 10.1 Å². The third-order valence-corrected chi connectivity index (χ3v) is 1.53. The maximum absolute atomic E-state index is 11.6. The molecule has 0 aromatic carbocycles. The van der Waals surface area contributed by atoms with Crippen LogP contribution in [-0.2, 0) is 4.74 Å². The molecule has 0 aliphatic carbocycles. The number of alkyl halides is 1. The van der Waals surface area contributed by atoms with Crippen LogP contribution >= 0.6 is 0 Å². The van der Waals surface area contributed by atoms with Crippen molar-refractivity contribution >= 4 is 0 Å². The monoisotopic (exact) mass is 177 g/mol. The minimum Gasteiger partial charge on any atom is -0.380 e. The van der Waals surface area contributed by atoms with E-state index < -0.39 is 0 Å². The Kier molecular flexibility index (Phi) is 8.83. The maximum Gasteiger partial charge on any atom is 0.102 e. The molecule has 0 radical (unpaired) electrons. The summed E-state index contributed by atoms with van der Waals surface area (Å²) >= 11 is 0. The Labute approximate surface area is 74.5 Å². The number of nitrogens with one attached hydrogen (secondary N) is 1. The largest absolute Gasteiger partial charge is 0.380 e. The van der Waals surface area contributed by atoms with Gasteiger partial charge in [-0.1, -0.05) is 13.8 Å². The van der Waals surface area contributed by atoms with E-state index >= 15 is 0 Å². The Morgan fingerprint density at radius 3 is 2.58 bits per heavy atom. The molecule has 3 heteroatoms. The van der Waals surface area contributed by atoms with Gasteiger partial charge in [-0.2, -0.15) is 0 Å².